The number of carbonyl (C=O) groups excluding carboxylic acids is 2. The Labute approximate surface area is 95.5 Å². The van der Waals surface area contributed by atoms with Gasteiger partial charge in [0.05, 0.1) is 17.8 Å². The van der Waals surface area contributed by atoms with Crippen LogP contribution in [0.25, 0.3) is 0 Å². The topological polar surface area (TPSA) is 87.6 Å². The fourth-order valence-corrected chi connectivity index (χ4v) is 1.26. The van der Waals surface area contributed by atoms with Crippen LogP contribution >= 0.6 is 11.6 Å². The fourth-order valence-electron chi connectivity index (χ4n) is 1.01. The summed E-state index contributed by atoms with van der Waals surface area (Å²) >= 11 is 5.61. The molecule has 6 nitrogen and oxygen atoms in total. The Morgan fingerprint density at radius 2 is 2.06 bits per heavy atom. The van der Waals surface area contributed by atoms with Gasteiger partial charge >= 0.3 is 5.97 Å². The molecule has 2 amide bonds. The van der Waals surface area contributed by atoms with Crippen molar-refractivity contribution < 1.29 is 19.5 Å². The highest BCUT2D eigenvalue weighted by molar-refractivity contribution is 6.32. The van der Waals surface area contributed by atoms with E-state index < -0.39 is 5.97 Å². The molecule has 1 aromatic rings. The van der Waals surface area contributed by atoms with E-state index in [2.05, 4.69) is 4.98 Å². The van der Waals surface area contributed by atoms with Gasteiger partial charge in [0.1, 0.15) is 5.15 Å². The Balaban J connectivity index is 2.92. The van der Waals surface area contributed by atoms with Gasteiger partial charge in [0, 0.05) is 0 Å². The molecule has 1 rings (SSSR count). The molecule has 0 atom stereocenters. The summed E-state index contributed by atoms with van der Waals surface area (Å²) in [5.74, 6) is -1.19. The molecule has 0 aliphatic heterocycles. The van der Waals surface area contributed by atoms with Gasteiger partial charge in [0.15, 0.2) is 0 Å². The summed E-state index contributed by atoms with van der Waals surface area (Å²) in [7, 11) is 0. The van der Waals surface area contributed by atoms with Gasteiger partial charge in [0.2, 0.25) is 12.8 Å². The monoisotopic (exact) mass is 242 g/mol. The summed E-state index contributed by atoms with van der Waals surface area (Å²) in [6, 6.07) is 2.65. The summed E-state index contributed by atoms with van der Waals surface area (Å²) < 4.78 is 0. The van der Waals surface area contributed by atoms with Gasteiger partial charge in [-0.05, 0) is 12.1 Å². The molecule has 0 aliphatic rings. The molecular weight excluding hydrogens is 236 g/mol. The molecule has 0 unspecified atom stereocenters. The van der Waals surface area contributed by atoms with E-state index in [1.807, 2.05) is 0 Å². The molecule has 0 saturated carbocycles. The minimum absolute atomic E-state index is 0.0490. The predicted octanol–water partition coefficient (Wildman–Crippen LogP) is 0.548. The minimum Gasteiger partial charge on any atom is -0.478 e. The molecule has 7 heteroatoms. The molecule has 1 N–H and O–H groups in total. The first-order valence-corrected chi connectivity index (χ1v) is 4.51. The predicted molar refractivity (Wildman–Crippen MR) is 53.9 cm³/mol. The number of hydrogen-bond donors (Lipinski definition) is 1. The number of pyridine rings is 1. The number of aromatic carboxylic acids is 1. The van der Waals surface area contributed by atoms with E-state index in [0.29, 0.717) is 18.5 Å². The van der Waals surface area contributed by atoms with Gasteiger partial charge < -0.3 is 5.11 Å². The second-order valence-electron chi connectivity index (χ2n) is 2.83. The zero-order chi connectivity index (χ0) is 12.1. The summed E-state index contributed by atoms with van der Waals surface area (Å²) in [4.78, 5) is 35.9. The Kier molecular flexibility index (Phi) is 3.96. The Morgan fingerprint density at radius 3 is 2.50 bits per heavy atom. The minimum atomic E-state index is -1.19. The van der Waals surface area contributed by atoms with E-state index in [0.717, 1.165) is 4.90 Å². The van der Waals surface area contributed by atoms with Crippen LogP contribution in [0.1, 0.15) is 16.1 Å². The Morgan fingerprint density at radius 1 is 1.44 bits per heavy atom. The summed E-state index contributed by atoms with van der Waals surface area (Å²) in [5, 5.41) is 8.50. The quantitative estimate of drug-likeness (QED) is 0.602. The van der Waals surface area contributed by atoms with E-state index in [1.54, 1.807) is 0 Å². The van der Waals surface area contributed by atoms with Gasteiger partial charge in [-0.1, -0.05) is 11.6 Å². The third kappa shape index (κ3) is 2.77. The second-order valence-corrected chi connectivity index (χ2v) is 3.19. The number of imide groups is 1. The molecule has 1 heterocycles. The number of hydrogen-bond acceptors (Lipinski definition) is 4. The van der Waals surface area contributed by atoms with Crippen LogP contribution in [-0.4, -0.2) is 33.8 Å². The highest BCUT2D eigenvalue weighted by atomic mass is 35.5. The zero-order valence-electron chi connectivity index (χ0n) is 7.96. The molecule has 1 aromatic heterocycles. The fraction of sp³-hybridized carbons (Fsp3) is 0.111. The highest BCUT2D eigenvalue weighted by Gasteiger charge is 2.11. The largest absolute Gasteiger partial charge is 0.478 e. The first-order chi connectivity index (χ1) is 7.58. The molecule has 0 radical (unpaired) electrons. The van der Waals surface area contributed by atoms with Crippen molar-refractivity contribution in [3.8, 4) is 0 Å². The smallest absolute Gasteiger partial charge is 0.338 e. The van der Waals surface area contributed by atoms with E-state index in [9.17, 15) is 14.4 Å². The van der Waals surface area contributed by atoms with Gasteiger partial charge in [-0.3, -0.25) is 14.5 Å². The third-order valence-corrected chi connectivity index (χ3v) is 2.04. The molecule has 16 heavy (non-hydrogen) atoms. The Bertz CT molecular complexity index is 428. The van der Waals surface area contributed by atoms with Crippen molar-refractivity contribution in [2.45, 2.75) is 6.54 Å². The average molecular weight is 243 g/mol. The summed E-state index contributed by atoms with van der Waals surface area (Å²) in [6.45, 7) is -0.0490. The van der Waals surface area contributed by atoms with Crippen LogP contribution in [0.3, 0.4) is 0 Å². The molecular formula is C9H7ClN2O4. The van der Waals surface area contributed by atoms with Crippen LogP contribution in [0.5, 0.6) is 0 Å². The third-order valence-electron chi connectivity index (χ3n) is 1.75. The maximum atomic E-state index is 10.6. The molecule has 0 fully saturated rings. The first kappa shape index (κ1) is 12.1. The molecule has 0 aromatic carbocycles. The number of carboxylic acid groups (broad SMARTS) is 1. The van der Waals surface area contributed by atoms with Gasteiger partial charge in [-0.15, -0.1) is 0 Å². The van der Waals surface area contributed by atoms with Crippen LogP contribution in [0.4, 0.5) is 0 Å². The number of carbonyl (C=O) groups is 3. The number of halogens is 1. The second kappa shape index (κ2) is 5.22. The number of aromatic nitrogens is 1. The lowest BCUT2D eigenvalue weighted by molar-refractivity contribution is -0.129. The van der Waals surface area contributed by atoms with Crippen LogP contribution in [-0.2, 0) is 16.1 Å². The van der Waals surface area contributed by atoms with E-state index in [-0.39, 0.29) is 17.3 Å². The van der Waals surface area contributed by atoms with Gasteiger partial charge in [-0.2, -0.15) is 0 Å². The van der Waals surface area contributed by atoms with Crippen LogP contribution < -0.4 is 0 Å². The first-order valence-electron chi connectivity index (χ1n) is 4.13. The lowest BCUT2D eigenvalue weighted by atomic mass is 10.2. The van der Waals surface area contributed by atoms with E-state index in [1.165, 1.54) is 12.1 Å². The maximum Gasteiger partial charge on any atom is 0.338 e. The number of amides is 2. The molecule has 0 aliphatic carbocycles. The van der Waals surface area contributed by atoms with Crippen LogP contribution in [0.15, 0.2) is 12.1 Å². The van der Waals surface area contributed by atoms with Crippen LogP contribution in [0.2, 0.25) is 5.15 Å². The van der Waals surface area contributed by atoms with E-state index >= 15 is 0 Å². The molecule has 0 spiro atoms. The summed E-state index contributed by atoms with van der Waals surface area (Å²) in [6.07, 6.45) is 0.682. The van der Waals surface area contributed by atoms with E-state index in [4.69, 9.17) is 16.7 Å². The average Bonchev–Trinajstić information content (AvgIpc) is 2.25. The van der Waals surface area contributed by atoms with Crippen molar-refractivity contribution >= 4 is 30.4 Å². The number of carboxylic acids is 1. The van der Waals surface area contributed by atoms with Crippen molar-refractivity contribution in [3.05, 3.63) is 28.5 Å². The van der Waals surface area contributed by atoms with Crippen molar-refractivity contribution in [1.82, 2.24) is 9.88 Å². The molecule has 84 valence electrons. The standard InChI is InChI=1S/C9H7ClN2O4/c10-8-7(9(15)16)2-1-6(11-8)3-12(4-13)5-14/h1-2,4-5H,3H2,(H,15,16). The van der Waals surface area contributed by atoms with Crippen molar-refractivity contribution in [1.29, 1.82) is 0 Å². The van der Waals surface area contributed by atoms with Crippen molar-refractivity contribution in [2.75, 3.05) is 0 Å². The lowest BCUT2D eigenvalue weighted by Gasteiger charge is -2.08. The maximum absolute atomic E-state index is 10.6. The molecule has 0 saturated heterocycles. The lowest BCUT2D eigenvalue weighted by Crippen LogP contribution is -2.19. The van der Waals surface area contributed by atoms with Crippen molar-refractivity contribution in [3.63, 3.8) is 0 Å². The molecule has 0 bridgehead atoms. The summed E-state index contributed by atoms with van der Waals surface area (Å²) in [5.41, 5.74) is 0.198. The van der Waals surface area contributed by atoms with Gasteiger partial charge in [-0.25, -0.2) is 9.78 Å². The van der Waals surface area contributed by atoms with Crippen LogP contribution in [0, 0.1) is 0 Å². The van der Waals surface area contributed by atoms with Gasteiger partial charge in [0.25, 0.3) is 0 Å². The SMILES string of the molecule is O=CN(C=O)Cc1ccc(C(=O)O)c(Cl)n1. The normalized spacial score (nSPS) is 9.56. The van der Waals surface area contributed by atoms with Crippen molar-refractivity contribution in [2.24, 2.45) is 0 Å². The number of nitrogens with zero attached hydrogens (tertiary/aromatic N) is 2. The Hall–Kier alpha value is -1.95. The highest BCUT2D eigenvalue weighted by Crippen LogP contribution is 2.14. The zero-order valence-corrected chi connectivity index (χ0v) is 8.72. The number of rotatable bonds is 5.